The Balaban J connectivity index is 2.01. The second-order valence-electron chi connectivity index (χ2n) is 7.95. The van der Waals surface area contributed by atoms with Gasteiger partial charge < -0.3 is 9.50 Å². The molecule has 0 bridgehead atoms. The number of carbonyl (C=O) groups is 1. The van der Waals surface area contributed by atoms with Crippen molar-refractivity contribution in [3.05, 3.63) is 76.3 Å². The minimum absolute atomic E-state index is 0.0605. The first kappa shape index (κ1) is 27.3. The zero-order valence-electron chi connectivity index (χ0n) is 18.4. The van der Waals surface area contributed by atoms with Crippen LogP contribution < -0.4 is 9.50 Å². The Labute approximate surface area is 211 Å². The van der Waals surface area contributed by atoms with Gasteiger partial charge in [-0.05, 0) is 49.2 Å². The Kier molecular flexibility index (Phi) is 8.74. The zero-order chi connectivity index (χ0) is 25.8. The summed E-state index contributed by atoms with van der Waals surface area (Å²) in [6, 6.07) is 8.84. The van der Waals surface area contributed by atoms with Gasteiger partial charge in [-0.15, -0.1) is 6.58 Å². The van der Waals surface area contributed by atoms with E-state index in [0.717, 1.165) is 25.5 Å². The normalized spacial score (nSPS) is 18.0. The van der Waals surface area contributed by atoms with E-state index >= 15 is 0 Å². The molecule has 2 aromatic rings. The number of likely N-dealkylation sites (tertiary alicyclic amines) is 1. The standard InChI is InChI=1S/C23H23Cl2F3N2O4S/c1-2-12-30-13-4-3-11-19(30)21(29-22(31)17-9-6-10-18(24)20(17)25)15-7-5-8-16(14-15)34-35(32,33)23(26,27)28/h2,5-10,14,19,21H,1,3-4,11-13H2,(H,29,31)/t19-,21?/m0/s1. The van der Waals surface area contributed by atoms with E-state index in [1.54, 1.807) is 18.2 Å². The summed E-state index contributed by atoms with van der Waals surface area (Å²) in [5, 5.41) is 3.16. The molecule has 1 fully saturated rings. The molecule has 0 spiro atoms. The van der Waals surface area contributed by atoms with E-state index in [1.807, 2.05) is 0 Å². The minimum atomic E-state index is -5.86. The molecule has 1 aliphatic rings. The van der Waals surface area contributed by atoms with E-state index in [2.05, 4.69) is 21.0 Å². The number of nitrogens with zero attached hydrogens (tertiary/aromatic N) is 1. The Morgan fingerprint density at radius 2 is 1.94 bits per heavy atom. The minimum Gasteiger partial charge on any atom is -0.376 e. The third-order valence-electron chi connectivity index (χ3n) is 5.60. The summed E-state index contributed by atoms with van der Waals surface area (Å²) in [6.45, 7) is 5.02. The lowest BCUT2D eigenvalue weighted by Crippen LogP contribution is -2.48. The molecule has 2 aromatic carbocycles. The van der Waals surface area contributed by atoms with Crippen LogP contribution in [0.3, 0.4) is 0 Å². The summed E-state index contributed by atoms with van der Waals surface area (Å²) in [5.41, 5.74) is -5.08. The first-order valence-corrected chi connectivity index (χ1v) is 12.8. The van der Waals surface area contributed by atoms with Gasteiger partial charge in [0.25, 0.3) is 5.91 Å². The summed E-state index contributed by atoms with van der Waals surface area (Å²) in [6.07, 6.45) is 4.19. The van der Waals surface area contributed by atoms with Crippen molar-refractivity contribution in [1.29, 1.82) is 0 Å². The lowest BCUT2D eigenvalue weighted by Gasteiger charge is -2.40. The van der Waals surface area contributed by atoms with Crippen molar-refractivity contribution in [3.63, 3.8) is 0 Å². The first-order valence-electron chi connectivity index (χ1n) is 10.6. The van der Waals surface area contributed by atoms with Crippen molar-refractivity contribution in [2.24, 2.45) is 0 Å². The summed E-state index contributed by atoms with van der Waals surface area (Å²) in [5.74, 6) is -1.06. The Morgan fingerprint density at radius 1 is 1.23 bits per heavy atom. The lowest BCUT2D eigenvalue weighted by atomic mass is 9.90. The number of nitrogens with one attached hydrogen (secondary N) is 1. The molecule has 6 nitrogen and oxygen atoms in total. The number of halogens is 5. The van der Waals surface area contributed by atoms with Gasteiger partial charge in [0.2, 0.25) is 0 Å². The van der Waals surface area contributed by atoms with Crippen LogP contribution in [0.5, 0.6) is 5.75 Å². The highest BCUT2D eigenvalue weighted by Crippen LogP contribution is 2.33. The van der Waals surface area contributed by atoms with Gasteiger partial charge in [-0.25, -0.2) is 0 Å². The number of hydrogen-bond donors (Lipinski definition) is 1. The van der Waals surface area contributed by atoms with Crippen molar-refractivity contribution in [2.45, 2.75) is 36.9 Å². The fraction of sp³-hybridized carbons (Fsp3) is 0.348. The predicted molar refractivity (Wildman–Crippen MR) is 128 cm³/mol. The number of alkyl halides is 3. The molecule has 1 heterocycles. The van der Waals surface area contributed by atoms with Crippen LogP contribution in [-0.2, 0) is 10.1 Å². The lowest BCUT2D eigenvalue weighted by molar-refractivity contribution is -0.0500. The number of benzene rings is 2. The molecule has 1 aliphatic heterocycles. The smallest absolute Gasteiger partial charge is 0.376 e. The van der Waals surface area contributed by atoms with Crippen LogP contribution in [0.25, 0.3) is 0 Å². The average Bonchev–Trinajstić information content (AvgIpc) is 2.79. The number of rotatable bonds is 8. The molecule has 0 radical (unpaired) electrons. The van der Waals surface area contributed by atoms with Crippen LogP contribution >= 0.6 is 23.2 Å². The molecule has 35 heavy (non-hydrogen) atoms. The van der Waals surface area contributed by atoms with E-state index in [0.29, 0.717) is 18.5 Å². The largest absolute Gasteiger partial charge is 0.534 e. The van der Waals surface area contributed by atoms with Gasteiger partial charge in [0.1, 0.15) is 5.75 Å². The molecule has 2 atom stereocenters. The maximum absolute atomic E-state index is 13.2. The van der Waals surface area contributed by atoms with E-state index in [1.165, 1.54) is 24.3 Å². The summed E-state index contributed by atoms with van der Waals surface area (Å²) in [4.78, 5) is 15.3. The van der Waals surface area contributed by atoms with Crippen LogP contribution in [0.15, 0.2) is 55.1 Å². The number of carbonyl (C=O) groups excluding carboxylic acids is 1. The molecule has 1 amide bonds. The third kappa shape index (κ3) is 6.49. The zero-order valence-corrected chi connectivity index (χ0v) is 20.7. The van der Waals surface area contributed by atoms with Crippen molar-refractivity contribution in [3.8, 4) is 5.75 Å². The number of piperidine rings is 1. The summed E-state index contributed by atoms with van der Waals surface area (Å²) >= 11 is 12.3. The van der Waals surface area contributed by atoms with Crippen LogP contribution in [-0.4, -0.2) is 43.9 Å². The van der Waals surface area contributed by atoms with Crippen LogP contribution in [0, 0.1) is 0 Å². The van der Waals surface area contributed by atoms with Gasteiger partial charge >= 0.3 is 15.6 Å². The number of hydrogen-bond acceptors (Lipinski definition) is 5. The highest BCUT2D eigenvalue weighted by molar-refractivity contribution is 7.88. The molecular weight excluding hydrogens is 528 g/mol. The Bertz CT molecular complexity index is 1190. The average molecular weight is 551 g/mol. The van der Waals surface area contributed by atoms with E-state index < -0.39 is 33.3 Å². The molecule has 190 valence electrons. The second kappa shape index (κ2) is 11.2. The summed E-state index contributed by atoms with van der Waals surface area (Å²) < 4.78 is 65.8. The van der Waals surface area contributed by atoms with Gasteiger partial charge in [0.15, 0.2) is 0 Å². The van der Waals surface area contributed by atoms with E-state index in [-0.39, 0.29) is 21.7 Å². The SMILES string of the molecule is C=CCN1CCCC[C@H]1C(NC(=O)c1cccc(Cl)c1Cl)c1cccc(OS(=O)(=O)C(F)(F)F)c1. The molecular formula is C23H23Cl2F3N2O4S. The topological polar surface area (TPSA) is 75.7 Å². The molecule has 1 saturated heterocycles. The van der Waals surface area contributed by atoms with Crippen LogP contribution in [0.4, 0.5) is 13.2 Å². The predicted octanol–water partition coefficient (Wildman–Crippen LogP) is 5.73. The quantitative estimate of drug-likeness (QED) is 0.258. The van der Waals surface area contributed by atoms with Gasteiger partial charge in [0.05, 0.1) is 21.7 Å². The van der Waals surface area contributed by atoms with Crippen LogP contribution in [0.2, 0.25) is 10.0 Å². The third-order valence-corrected chi connectivity index (χ3v) is 7.40. The van der Waals surface area contributed by atoms with Crippen LogP contribution in [0.1, 0.15) is 41.2 Å². The molecule has 12 heteroatoms. The fourth-order valence-electron chi connectivity index (χ4n) is 4.02. The number of amides is 1. The van der Waals surface area contributed by atoms with Crippen molar-refractivity contribution < 1.29 is 30.6 Å². The maximum Gasteiger partial charge on any atom is 0.534 e. The summed E-state index contributed by atoms with van der Waals surface area (Å²) in [7, 11) is -5.86. The van der Waals surface area contributed by atoms with Crippen molar-refractivity contribution in [1.82, 2.24) is 10.2 Å². The van der Waals surface area contributed by atoms with Gasteiger partial charge in [0, 0.05) is 12.6 Å². The molecule has 0 aliphatic carbocycles. The molecule has 1 N–H and O–H groups in total. The molecule has 0 aromatic heterocycles. The Morgan fingerprint density at radius 3 is 2.63 bits per heavy atom. The van der Waals surface area contributed by atoms with Gasteiger partial charge in [-0.1, -0.05) is 53.9 Å². The molecule has 1 unspecified atom stereocenters. The first-order chi connectivity index (χ1) is 16.4. The molecule has 3 rings (SSSR count). The Hall–Kier alpha value is -2.27. The van der Waals surface area contributed by atoms with Crippen molar-refractivity contribution in [2.75, 3.05) is 13.1 Å². The van der Waals surface area contributed by atoms with Gasteiger partial charge in [-0.3, -0.25) is 9.69 Å². The fourth-order valence-corrected chi connectivity index (χ4v) is 4.86. The highest BCUT2D eigenvalue weighted by atomic mass is 35.5. The monoisotopic (exact) mass is 550 g/mol. The maximum atomic E-state index is 13.2. The molecule has 0 saturated carbocycles. The van der Waals surface area contributed by atoms with Gasteiger partial charge in [-0.2, -0.15) is 21.6 Å². The van der Waals surface area contributed by atoms with E-state index in [4.69, 9.17) is 23.2 Å². The highest BCUT2D eigenvalue weighted by Gasteiger charge is 2.48. The van der Waals surface area contributed by atoms with E-state index in [9.17, 15) is 26.4 Å². The van der Waals surface area contributed by atoms with Crippen molar-refractivity contribution >= 4 is 39.2 Å². The second-order valence-corrected chi connectivity index (χ2v) is 10.3.